The third kappa shape index (κ3) is 3.41. The first-order chi connectivity index (χ1) is 12.5. The summed E-state index contributed by atoms with van der Waals surface area (Å²) >= 11 is 0. The fourth-order valence-corrected chi connectivity index (χ4v) is 3.24. The molecule has 1 aliphatic carbocycles. The number of amides is 2. The predicted molar refractivity (Wildman–Crippen MR) is 97.4 cm³/mol. The molecule has 0 heterocycles. The molecule has 26 heavy (non-hydrogen) atoms. The number of fused-ring (bicyclic) bond motifs is 3. The molecule has 2 aromatic carbocycles. The molecule has 0 saturated heterocycles. The number of hydrogen-bond acceptors (Lipinski definition) is 4. The van der Waals surface area contributed by atoms with E-state index in [0.717, 1.165) is 16.2 Å². The molecule has 0 saturated carbocycles. The second kappa shape index (κ2) is 7.58. The maximum atomic E-state index is 12.1. The first-order valence-corrected chi connectivity index (χ1v) is 8.46. The number of ether oxygens (including phenoxy) is 1. The van der Waals surface area contributed by atoms with Gasteiger partial charge in [0.25, 0.3) is 5.91 Å². The molecule has 2 aromatic rings. The molecule has 1 atom stereocenters. The van der Waals surface area contributed by atoms with Crippen molar-refractivity contribution in [3.63, 3.8) is 0 Å². The van der Waals surface area contributed by atoms with E-state index in [9.17, 15) is 9.59 Å². The van der Waals surface area contributed by atoms with E-state index in [-0.39, 0.29) is 18.4 Å². The summed E-state index contributed by atoms with van der Waals surface area (Å²) in [7, 11) is 2.87. The Bertz CT molecular complexity index is 775. The Labute approximate surface area is 152 Å². The highest BCUT2D eigenvalue weighted by molar-refractivity contribution is 5.84. The molecule has 136 valence electrons. The van der Waals surface area contributed by atoms with Gasteiger partial charge in [0.1, 0.15) is 12.6 Å². The summed E-state index contributed by atoms with van der Waals surface area (Å²) in [6.07, 6.45) is -0.628. The Hall–Kier alpha value is -2.86. The van der Waals surface area contributed by atoms with Crippen molar-refractivity contribution >= 4 is 12.0 Å². The van der Waals surface area contributed by atoms with Crippen LogP contribution in [0, 0.1) is 0 Å². The van der Waals surface area contributed by atoms with Crippen molar-refractivity contribution in [2.24, 2.45) is 0 Å². The second-order valence-corrected chi connectivity index (χ2v) is 6.21. The van der Waals surface area contributed by atoms with Crippen LogP contribution >= 0.6 is 0 Å². The average molecular weight is 354 g/mol. The Morgan fingerprint density at radius 2 is 1.62 bits per heavy atom. The van der Waals surface area contributed by atoms with Gasteiger partial charge in [0, 0.05) is 13.0 Å². The van der Waals surface area contributed by atoms with Crippen LogP contribution in [0.5, 0.6) is 0 Å². The van der Waals surface area contributed by atoms with E-state index < -0.39 is 12.1 Å². The van der Waals surface area contributed by atoms with Gasteiger partial charge in [0.15, 0.2) is 0 Å². The highest BCUT2D eigenvalue weighted by Crippen LogP contribution is 2.44. The Morgan fingerprint density at radius 1 is 1.08 bits per heavy atom. The van der Waals surface area contributed by atoms with Gasteiger partial charge in [-0.2, -0.15) is 0 Å². The van der Waals surface area contributed by atoms with Crippen LogP contribution in [-0.2, 0) is 14.4 Å². The summed E-state index contributed by atoms with van der Waals surface area (Å²) in [5.41, 5.74) is 4.62. The number of nitrogens with zero attached hydrogens (tertiary/aromatic N) is 1. The Morgan fingerprint density at radius 3 is 2.15 bits per heavy atom. The van der Waals surface area contributed by atoms with Crippen molar-refractivity contribution in [1.29, 1.82) is 0 Å². The third-order valence-electron chi connectivity index (χ3n) is 4.63. The normalized spacial score (nSPS) is 13.5. The Balaban J connectivity index is 1.67. The molecular formula is C20H22N2O4. The minimum absolute atomic E-state index is 0.0131. The zero-order valence-electron chi connectivity index (χ0n) is 15.1. The number of benzene rings is 2. The minimum atomic E-state index is -0.740. The number of alkyl carbamates (subject to hydrolysis) is 1. The molecule has 0 bridgehead atoms. The number of carbonyl (C=O) groups excluding carboxylic acids is 2. The average Bonchev–Trinajstić information content (AvgIpc) is 2.99. The quantitative estimate of drug-likeness (QED) is 0.839. The molecule has 0 radical (unpaired) electrons. The van der Waals surface area contributed by atoms with Crippen LogP contribution in [-0.4, -0.2) is 43.9 Å². The lowest BCUT2D eigenvalue weighted by molar-refractivity contribution is -0.170. The van der Waals surface area contributed by atoms with Crippen molar-refractivity contribution in [1.82, 2.24) is 10.4 Å². The van der Waals surface area contributed by atoms with Crippen molar-refractivity contribution in [2.45, 2.75) is 18.9 Å². The molecule has 1 aliphatic rings. The third-order valence-corrected chi connectivity index (χ3v) is 4.63. The summed E-state index contributed by atoms with van der Waals surface area (Å²) in [5.74, 6) is -0.373. The molecule has 6 nitrogen and oxygen atoms in total. The maximum absolute atomic E-state index is 12.1. The van der Waals surface area contributed by atoms with Gasteiger partial charge in [0.05, 0.1) is 7.11 Å². The van der Waals surface area contributed by atoms with E-state index in [1.165, 1.54) is 25.3 Å². The smallest absolute Gasteiger partial charge is 0.407 e. The summed E-state index contributed by atoms with van der Waals surface area (Å²) in [6.45, 7) is 1.79. The van der Waals surface area contributed by atoms with Gasteiger partial charge in [-0.05, 0) is 29.2 Å². The Kier molecular flexibility index (Phi) is 5.23. The van der Waals surface area contributed by atoms with E-state index >= 15 is 0 Å². The summed E-state index contributed by atoms with van der Waals surface area (Å²) < 4.78 is 5.41. The number of carbonyl (C=O) groups is 2. The van der Waals surface area contributed by atoms with Crippen LogP contribution in [0.3, 0.4) is 0 Å². The fourth-order valence-electron chi connectivity index (χ4n) is 3.24. The van der Waals surface area contributed by atoms with E-state index in [0.29, 0.717) is 0 Å². The zero-order chi connectivity index (χ0) is 18.7. The van der Waals surface area contributed by atoms with E-state index in [1.54, 1.807) is 6.92 Å². The van der Waals surface area contributed by atoms with E-state index in [4.69, 9.17) is 9.57 Å². The SMILES string of the molecule is CON(C)C(=O)C(C)NC(=O)OCC1c2ccccc2-c2ccccc21. The van der Waals surface area contributed by atoms with Crippen LogP contribution in [0.25, 0.3) is 11.1 Å². The van der Waals surface area contributed by atoms with Crippen LogP contribution in [0.4, 0.5) is 4.79 Å². The lowest BCUT2D eigenvalue weighted by Crippen LogP contribution is -2.45. The van der Waals surface area contributed by atoms with Crippen molar-refractivity contribution in [2.75, 3.05) is 20.8 Å². The number of likely N-dealkylation sites (N-methyl/N-ethyl adjacent to an activating group) is 1. The minimum Gasteiger partial charge on any atom is -0.449 e. The van der Waals surface area contributed by atoms with Crippen LogP contribution < -0.4 is 5.32 Å². The molecule has 0 aliphatic heterocycles. The van der Waals surface area contributed by atoms with E-state index in [2.05, 4.69) is 29.6 Å². The van der Waals surface area contributed by atoms with Crippen molar-refractivity contribution < 1.29 is 19.2 Å². The van der Waals surface area contributed by atoms with Crippen molar-refractivity contribution in [3.05, 3.63) is 59.7 Å². The molecule has 6 heteroatoms. The zero-order valence-corrected chi connectivity index (χ0v) is 15.1. The molecule has 1 N–H and O–H groups in total. The largest absolute Gasteiger partial charge is 0.449 e. The van der Waals surface area contributed by atoms with Gasteiger partial charge in [-0.1, -0.05) is 48.5 Å². The number of hydroxylamine groups is 2. The van der Waals surface area contributed by atoms with Crippen LogP contribution in [0.2, 0.25) is 0 Å². The molecule has 1 unspecified atom stereocenters. The van der Waals surface area contributed by atoms with Gasteiger partial charge < -0.3 is 10.1 Å². The van der Waals surface area contributed by atoms with E-state index in [1.807, 2.05) is 24.3 Å². The topological polar surface area (TPSA) is 67.9 Å². The van der Waals surface area contributed by atoms with Gasteiger partial charge in [-0.3, -0.25) is 9.63 Å². The molecule has 3 rings (SSSR count). The van der Waals surface area contributed by atoms with Crippen LogP contribution in [0.1, 0.15) is 24.0 Å². The lowest BCUT2D eigenvalue weighted by Gasteiger charge is -2.20. The monoisotopic (exact) mass is 354 g/mol. The first-order valence-electron chi connectivity index (χ1n) is 8.46. The maximum Gasteiger partial charge on any atom is 0.407 e. The standard InChI is InChI=1S/C20H22N2O4/c1-13(19(23)22(2)25-3)21-20(24)26-12-18-16-10-6-4-8-14(16)15-9-5-7-11-17(15)18/h4-11,13,18H,12H2,1-3H3,(H,21,24). The first kappa shape index (κ1) is 17.9. The molecule has 0 fully saturated rings. The van der Waals surface area contributed by atoms with Crippen molar-refractivity contribution in [3.8, 4) is 11.1 Å². The van der Waals surface area contributed by atoms with Gasteiger partial charge in [0.2, 0.25) is 0 Å². The second-order valence-electron chi connectivity index (χ2n) is 6.21. The number of rotatable bonds is 5. The molecule has 2 amide bonds. The van der Waals surface area contributed by atoms with Gasteiger partial charge in [-0.25, -0.2) is 9.86 Å². The predicted octanol–water partition coefficient (Wildman–Crippen LogP) is 2.93. The highest BCUT2D eigenvalue weighted by atomic mass is 16.7. The number of nitrogens with one attached hydrogen (secondary N) is 1. The summed E-state index contributed by atoms with van der Waals surface area (Å²) in [4.78, 5) is 28.9. The summed E-state index contributed by atoms with van der Waals surface area (Å²) in [5, 5.41) is 3.60. The van der Waals surface area contributed by atoms with Gasteiger partial charge in [-0.15, -0.1) is 0 Å². The molecule has 0 spiro atoms. The molecular weight excluding hydrogens is 332 g/mol. The lowest BCUT2D eigenvalue weighted by atomic mass is 9.98. The van der Waals surface area contributed by atoms with Gasteiger partial charge >= 0.3 is 6.09 Å². The van der Waals surface area contributed by atoms with Crippen LogP contribution in [0.15, 0.2) is 48.5 Å². The highest BCUT2D eigenvalue weighted by Gasteiger charge is 2.29. The number of hydrogen-bond donors (Lipinski definition) is 1. The fraction of sp³-hybridized carbons (Fsp3) is 0.300. The molecule has 0 aromatic heterocycles. The summed E-state index contributed by atoms with van der Waals surface area (Å²) in [6, 6.07) is 15.5.